The number of likely N-dealkylation sites (N-methyl/N-ethyl adjacent to an activating group) is 1. The van der Waals surface area contributed by atoms with E-state index in [2.05, 4.69) is 26.1 Å². The molecule has 1 rings (SSSR count). The van der Waals surface area contributed by atoms with Crippen molar-refractivity contribution in [2.24, 2.45) is 5.41 Å². The Morgan fingerprint density at radius 1 is 1.50 bits per heavy atom. The number of carbonyl (C=O) groups excluding carboxylic acids is 1. The molecule has 2 atom stereocenters. The lowest BCUT2D eigenvalue weighted by Gasteiger charge is -2.34. The molecule has 0 aromatic rings. The molecule has 4 nitrogen and oxygen atoms in total. The predicted molar refractivity (Wildman–Crippen MR) is 64.3 cm³/mol. The molecule has 0 bridgehead atoms. The van der Waals surface area contributed by atoms with Crippen LogP contribution in [0.5, 0.6) is 0 Å². The Hall–Kier alpha value is -0.610. The first-order valence-corrected chi connectivity index (χ1v) is 5.91. The van der Waals surface area contributed by atoms with Crippen molar-refractivity contribution in [1.82, 2.24) is 10.2 Å². The quantitative estimate of drug-likeness (QED) is 0.762. The highest BCUT2D eigenvalue weighted by Crippen LogP contribution is 2.16. The maximum absolute atomic E-state index is 12.2. The van der Waals surface area contributed by atoms with Gasteiger partial charge in [0.05, 0.1) is 12.7 Å². The first-order valence-electron chi connectivity index (χ1n) is 5.91. The first-order chi connectivity index (χ1) is 7.31. The molecular weight excluding hydrogens is 204 g/mol. The van der Waals surface area contributed by atoms with E-state index in [0.29, 0.717) is 6.61 Å². The van der Waals surface area contributed by atoms with Gasteiger partial charge < -0.3 is 15.0 Å². The second kappa shape index (κ2) is 5.15. The SMILES string of the molecule is C[C@H]1OCCN[C@@H]1C(=O)N(C)CC(C)(C)C. The summed E-state index contributed by atoms with van der Waals surface area (Å²) >= 11 is 0. The summed E-state index contributed by atoms with van der Waals surface area (Å²) in [5.74, 6) is 0.127. The highest BCUT2D eigenvalue weighted by Gasteiger charge is 2.31. The minimum Gasteiger partial charge on any atom is -0.375 e. The van der Waals surface area contributed by atoms with E-state index in [1.165, 1.54) is 0 Å². The van der Waals surface area contributed by atoms with E-state index in [-0.39, 0.29) is 23.5 Å². The van der Waals surface area contributed by atoms with Crippen LogP contribution >= 0.6 is 0 Å². The van der Waals surface area contributed by atoms with Crippen LogP contribution in [0.1, 0.15) is 27.7 Å². The van der Waals surface area contributed by atoms with E-state index >= 15 is 0 Å². The number of carbonyl (C=O) groups is 1. The maximum atomic E-state index is 12.2. The van der Waals surface area contributed by atoms with Crippen LogP contribution < -0.4 is 5.32 Å². The molecule has 0 saturated carbocycles. The average Bonchev–Trinajstić information content (AvgIpc) is 2.15. The molecule has 94 valence electrons. The lowest BCUT2D eigenvalue weighted by atomic mass is 9.95. The van der Waals surface area contributed by atoms with Crippen LogP contribution in [0.25, 0.3) is 0 Å². The standard InChI is InChI=1S/C12H24N2O2/c1-9-10(13-6-7-16-9)11(15)14(5)8-12(2,3)4/h9-10,13H,6-8H2,1-5H3/t9-,10+/m1/s1. The van der Waals surface area contributed by atoms with Gasteiger partial charge >= 0.3 is 0 Å². The summed E-state index contributed by atoms with van der Waals surface area (Å²) in [6, 6.07) is -0.193. The minimum absolute atomic E-state index is 0.0383. The molecule has 0 aliphatic carbocycles. The Labute approximate surface area is 98.3 Å². The molecule has 16 heavy (non-hydrogen) atoms. The number of nitrogens with zero attached hydrogens (tertiary/aromatic N) is 1. The highest BCUT2D eigenvalue weighted by molar-refractivity contribution is 5.82. The van der Waals surface area contributed by atoms with E-state index in [1.807, 2.05) is 14.0 Å². The predicted octanol–water partition coefficient (Wildman–Crippen LogP) is 0.868. The number of nitrogens with one attached hydrogen (secondary N) is 1. The van der Waals surface area contributed by atoms with Crippen LogP contribution in [0.15, 0.2) is 0 Å². The fourth-order valence-electron chi connectivity index (χ4n) is 2.04. The zero-order chi connectivity index (χ0) is 12.3. The normalized spacial score (nSPS) is 26.6. The van der Waals surface area contributed by atoms with Gasteiger partial charge in [-0.15, -0.1) is 0 Å². The molecule has 0 aromatic carbocycles. The zero-order valence-corrected chi connectivity index (χ0v) is 11.0. The van der Waals surface area contributed by atoms with E-state index < -0.39 is 0 Å². The van der Waals surface area contributed by atoms with Crippen LogP contribution in [0.3, 0.4) is 0 Å². The Morgan fingerprint density at radius 3 is 2.62 bits per heavy atom. The third-order valence-electron chi connectivity index (χ3n) is 2.67. The van der Waals surface area contributed by atoms with E-state index in [1.54, 1.807) is 4.90 Å². The van der Waals surface area contributed by atoms with Gasteiger partial charge in [-0.3, -0.25) is 4.79 Å². The largest absolute Gasteiger partial charge is 0.375 e. The first kappa shape index (κ1) is 13.5. The number of ether oxygens (including phenoxy) is 1. The average molecular weight is 228 g/mol. The second-order valence-corrected chi connectivity index (χ2v) is 5.76. The number of morpholine rings is 1. The van der Waals surface area contributed by atoms with Gasteiger partial charge in [0, 0.05) is 20.1 Å². The van der Waals surface area contributed by atoms with Crippen LogP contribution in [0, 0.1) is 5.41 Å². The summed E-state index contributed by atoms with van der Waals surface area (Å²) in [5.41, 5.74) is 0.128. The summed E-state index contributed by atoms with van der Waals surface area (Å²) < 4.78 is 5.48. The molecule has 4 heteroatoms. The summed E-state index contributed by atoms with van der Waals surface area (Å²) in [7, 11) is 1.86. The third-order valence-corrected chi connectivity index (χ3v) is 2.67. The van der Waals surface area contributed by atoms with Crippen LogP contribution in [0.2, 0.25) is 0 Å². The molecule has 1 N–H and O–H groups in total. The van der Waals surface area contributed by atoms with Gasteiger partial charge in [0.1, 0.15) is 6.04 Å². The molecule has 0 spiro atoms. The maximum Gasteiger partial charge on any atom is 0.242 e. The van der Waals surface area contributed by atoms with Crippen molar-refractivity contribution >= 4 is 5.91 Å². The molecule has 0 radical (unpaired) electrons. The van der Waals surface area contributed by atoms with Gasteiger partial charge in [0.2, 0.25) is 5.91 Å². The van der Waals surface area contributed by atoms with Crippen molar-refractivity contribution < 1.29 is 9.53 Å². The van der Waals surface area contributed by atoms with E-state index in [4.69, 9.17) is 4.74 Å². The highest BCUT2D eigenvalue weighted by atomic mass is 16.5. The lowest BCUT2D eigenvalue weighted by Crippen LogP contribution is -2.56. The van der Waals surface area contributed by atoms with Crippen molar-refractivity contribution in [3.05, 3.63) is 0 Å². The topological polar surface area (TPSA) is 41.6 Å². The molecule has 1 heterocycles. The summed E-state index contributed by atoms with van der Waals surface area (Å²) in [6.07, 6.45) is -0.0383. The summed E-state index contributed by atoms with van der Waals surface area (Å²) in [4.78, 5) is 14.0. The van der Waals surface area contributed by atoms with Crippen molar-refractivity contribution in [3.8, 4) is 0 Å². The van der Waals surface area contributed by atoms with Crippen molar-refractivity contribution in [1.29, 1.82) is 0 Å². The van der Waals surface area contributed by atoms with Gasteiger partial charge in [0.15, 0.2) is 0 Å². The number of amides is 1. The van der Waals surface area contributed by atoms with Gasteiger partial charge in [-0.25, -0.2) is 0 Å². The minimum atomic E-state index is -0.193. The van der Waals surface area contributed by atoms with Gasteiger partial charge in [-0.1, -0.05) is 20.8 Å². The summed E-state index contributed by atoms with van der Waals surface area (Å²) in [5, 5.41) is 3.22. The monoisotopic (exact) mass is 228 g/mol. The third kappa shape index (κ3) is 3.76. The van der Waals surface area contributed by atoms with Gasteiger partial charge in [-0.05, 0) is 12.3 Å². The lowest BCUT2D eigenvalue weighted by molar-refractivity contribution is -0.139. The number of rotatable bonds is 2. The molecule has 0 unspecified atom stereocenters. The Balaban J connectivity index is 2.55. The number of hydrogen-bond acceptors (Lipinski definition) is 3. The molecule has 1 amide bonds. The Morgan fingerprint density at radius 2 is 2.12 bits per heavy atom. The molecular formula is C12H24N2O2. The van der Waals surface area contributed by atoms with Crippen molar-refractivity contribution in [3.63, 3.8) is 0 Å². The molecule has 1 aliphatic rings. The Kier molecular flexibility index (Phi) is 4.33. The van der Waals surface area contributed by atoms with Crippen LogP contribution in [0.4, 0.5) is 0 Å². The second-order valence-electron chi connectivity index (χ2n) is 5.76. The fourth-order valence-corrected chi connectivity index (χ4v) is 2.04. The zero-order valence-electron chi connectivity index (χ0n) is 11.0. The Bertz CT molecular complexity index is 248. The number of hydrogen-bond donors (Lipinski definition) is 1. The fraction of sp³-hybridized carbons (Fsp3) is 0.917. The molecule has 1 saturated heterocycles. The summed E-state index contributed by atoms with van der Waals surface area (Å²) in [6.45, 7) is 10.5. The molecule has 1 aliphatic heterocycles. The van der Waals surface area contributed by atoms with E-state index in [0.717, 1.165) is 13.1 Å². The smallest absolute Gasteiger partial charge is 0.242 e. The van der Waals surface area contributed by atoms with Crippen molar-refractivity contribution in [2.45, 2.75) is 39.8 Å². The van der Waals surface area contributed by atoms with Gasteiger partial charge in [-0.2, -0.15) is 0 Å². The molecule has 1 fully saturated rings. The van der Waals surface area contributed by atoms with Crippen LogP contribution in [-0.2, 0) is 9.53 Å². The van der Waals surface area contributed by atoms with Gasteiger partial charge in [0.25, 0.3) is 0 Å². The molecule has 0 aromatic heterocycles. The van der Waals surface area contributed by atoms with Crippen molar-refractivity contribution in [2.75, 3.05) is 26.7 Å². The van der Waals surface area contributed by atoms with Crippen LogP contribution in [-0.4, -0.2) is 49.7 Å². The van der Waals surface area contributed by atoms with E-state index in [9.17, 15) is 4.79 Å².